The van der Waals surface area contributed by atoms with Gasteiger partial charge in [0, 0.05) is 37.6 Å². The third kappa shape index (κ3) is 6.17. The summed E-state index contributed by atoms with van der Waals surface area (Å²) in [6, 6.07) is 2.19. The van der Waals surface area contributed by atoms with Crippen LogP contribution in [0.2, 0.25) is 0 Å². The molecule has 98 valence electrons. The largest absolute Gasteiger partial charge is 0.311 e. The molecule has 0 unspecified atom stereocenters. The quantitative estimate of drug-likeness (QED) is 0.713. The van der Waals surface area contributed by atoms with Gasteiger partial charge in [0.05, 0.1) is 0 Å². The number of likely N-dealkylation sites (N-methyl/N-ethyl adjacent to an activating group) is 2. The third-order valence-corrected chi connectivity index (χ3v) is 3.88. The highest BCUT2D eigenvalue weighted by molar-refractivity contribution is 7.10. The monoisotopic (exact) mass is 255 g/mol. The Labute approximate surface area is 109 Å². The van der Waals surface area contributed by atoms with Crippen molar-refractivity contribution in [2.24, 2.45) is 0 Å². The van der Waals surface area contributed by atoms with E-state index in [0.717, 1.165) is 32.7 Å². The fourth-order valence-corrected chi connectivity index (χ4v) is 2.42. The zero-order chi connectivity index (χ0) is 12.7. The second kappa shape index (κ2) is 7.82. The van der Waals surface area contributed by atoms with Crippen molar-refractivity contribution >= 4 is 11.3 Å². The van der Waals surface area contributed by atoms with E-state index in [1.165, 1.54) is 10.4 Å². The lowest BCUT2D eigenvalue weighted by atomic mass is 10.3. The highest BCUT2D eigenvalue weighted by Gasteiger charge is 2.01. The highest BCUT2D eigenvalue weighted by Crippen LogP contribution is 2.14. The SMILES string of the molecule is Cc1ccsc1CNCCN(C)CCN(C)C. The molecule has 1 aromatic rings. The molecule has 1 N–H and O–H groups in total. The Kier molecular flexibility index (Phi) is 6.73. The standard InChI is InChI=1S/C13H25N3S/c1-12-5-10-17-13(12)11-14-6-7-16(4)9-8-15(2)3/h5,10,14H,6-9,11H2,1-4H3. The number of nitrogens with zero attached hydrogens (tertiary/aromatic N) is 2. The first-order valence-electron chi connectivity index (χ1n) is 6.16. The summed E-state index contributed by atoms with van der Waals surface area (Å²) in [5.41, 5.74) is 1.41. The molecule has 0 aliphatic carbocycles. The lowest BCUT2D eigenvalue weighted by Crippen LogP contribution is -2.33. The molecular formula is C13H25N3S. The first kappa shape index (κ1) is 14.6. The van der Waals surface area contributed by atoms with E-state index >= 15 is 0 Å². The Morgan fingerprint density at radius 1 is 1.18 bits per heavy atom. The molecule has 0 fully saturated rings. The predicted octanol–water partition coefficient (Wildman–Crippen LogP) is 1.64. The molecule has 0 aliphatic heterocycles. The molecule has 1 rings (SSSR count). The van der Waals surface area contributed by atoms with Crippen LogP contribution in [-0.2, 0) is 6.54 Å². The molecular weight excluding hydrogens is 230 g/mol. The predicted molar refractivity (Wildman–Crippen MR) is 76.8 cm³/mol. The fraction of sp³-hybridized carbons (Fsp3) is 0.692. The number of hydrogen-bond acceptors (Lipinski definition) is 4. The summed E-state index contributed by atoms with van der Waals surface area (Å²) in [4.78, 5) is 6.05. The molecule has 0 atom stereocenters. The number of aryl methyl sites for hydroxylation is 1. The summed E-state index contributed by atoms with van der Waals surface area (Å²) < 4.78 is 0. The third-order valence-electron chi connectivity index (χ3n) is 2.85. The average Bonchev–Trinajstić information content (AvgIpc) is 2.68. The van der Waals surface area contributed by atoms with Gasteiger partial charge in [0.15, 0.2) is 0 Å². The number of nitrogens with one attached hydrogen (secondary N) is 1. The minimum Gasteiger partial charge on any atom is -0.311 e. The van der Waals surface area contributed by atoms with Crippen LogP contribution in [-0.4, -0.2) is 57.1 Å². The Bertz CT molecular complexity index is 309. The normalized spacial score (nSPS) is 11.6. The summed E-state index contributed by atoms with van der Waals surface area (Å²) in [5.74, 6) is 0. The van der Waals surface area contributed by atoms with E-state index in [0.29, 0.717) is 0 Å². The van der Waals surface area contributed by atoms with E-state index in [1.807, 2.05) is 11.3 Å². The Hall–Kier alpha value is -0.420. The van der Waals surface area contributed by atoms with Crippen LogP contribution in [0.15, 0.2) is 11.4 Å². The lowest BCUT2D eigenvalue weighted by molar-refractivity contribution is 0.281. The Balaban J connectivity index is 2.06. The summed E-state index contributed by atoms with van der Waals surface area (Å²) >= 11 is 1.84. The van der Waals surface area contributed by atoms with Crippen molar-refractivity contribution in [2.75, 3.05) is 47.3 Å². The number of thiophene rings is 1. The Morgan fingerprint density at radius 2 is 1.94 bits per heavy atom. The van der Waals surface area contributed by atoms with Crippen LogP contribution in [0, 0.1) is 6.92 Å². The van der Waals surface area contributed by atoms with Gasteiger partial charge in [0.1, 0.15) is 0 Å². The minimum atomic E-state index is 1.00. The maximum absolute atomic E-state index is 3.50. The van der Waals surface area contributed by atoms with Gasteiger partial charge in [0.25, 0.3) is 0 Å². The first-order chi connectivity index (χ1) is 8.09. The van der Waals surface area contributed by atoms with E-state index in [-0.39, 0.29) is 0 Å². The van der Waals surface area contributed by atoms with Gasteiger partial charge in [0.2, 0.25) is 0 Å². The molecule has 0 amide bonds. The van der Waals surface area contributed by atoms with Gasteiger partial charge in [-0.05, 0) is 45.1 Å². The molecule has 1 heterocycles. The van der Waals surface area contributed by atoms with Crippen LogP contribution in [0.1, 0.15) is 10.4 Å². The van der Waals surface area contributed by atoms with Gasteiger partial charge in [-0.3, -0.25) is 0 Å². The summed E-state index contributed by atoms with van der Waals surface area (Å²) in [5, 5.41) is 5.66. The molecule has 1 aromatic heterocycles. The smallest absolute Gasteiger partial charge is 0.0302 e. The average molecular weight is 255 g/mol. The summed E-state index contributed by atoms with van der Waals surface area (Å²) in [6.45, 7) is 7.61. The minimum absolute atomic E-state index is 1.00. The van der Waals surface area contributed by atoms with E-state index in [1.54, 1.807) is 0 Å². The van der Waals surface area contributed by atoms with Crippen LogP contribution in [0.25, 0.3) is 0 Å². The van der Waals surface area contributed by atoms with Crippen LogP contribution < -0.4 is 5.32 Å². The van der Waals surface area contributed by atoms with Gasteiger partial charge in [-0.1, -0.05) is 0 Å². The maximum atomic E-state index is 3.50. The van der Waals surface area contributed by atoms with Gasteiger partial charge in [-0.15, -0.1) is 11.3 Å². The molecule has 4 heteroatoms. The van der Waals surface area contributed by atoms with E-state index in [4.69, 9.17) is 0 Å². The molecule has 0 aromatic carbocycles. The van der Waals surface area contributed by atoms with Crippen molar-refractivity contribution in [3.63, 3.8) is 0 Å². The van der Waals surface area contributed by atoms with E-state index in [2.05, 4.69) is 54.6 Å². The molecule has 17 heavy (non-hydrogen) atoms. The van der Waals surface area contributed by atoms with Crippen molar-refractivity contribution in [3.05, 3.63) is 21.9 Å². The summed E-state index contributed by atoms with van der Waals surface area (Å²) in [6.07, 6.45) is 0. The topological polar surface area (TPSA) is 18.5 Å². The van der Waals surface area contributed by atoms with Gasteiger partial charge in [-0.2, -0.15) is 0 Å². The number of rotatable bonds is 8. The van der Waals surface area contributed by atoms with Crippen LogP contribution in [0.3, 0.4) is 0 Å². The second-order valence-corrected chi connectivity index (χ2v) is 5.81. The van der Waals surface area contributed by atoms with Crippen molar-refractivity contribution in [3.8, 4) is 0 Å². The molecule has 0 spiro atoms. The first-order valence-corrected chi connectivity index (χ1v) is 7.04. The van der Waals surface area contributed by atoms with E-state index in [9.17, 15) is 0 Å². The van der Waals surface area contributed by atoms with Crippen LogP contribution in [0.4, 0.5) is 0 Å². The van der Waals surface area contributed by atoms with E-state index < -0.39 is 0 Å². The Morgan fingerprint density at radius 3 is 2.53 bits per heavy atom. The van der Waals surface area contributed by atoms with Crippen LogP contribution >= 0.6 is 11.3 Å². The van der Waals surface area contributed by atoms with Crippen molar-refractivity contribution in [1.82, 2.24) is 15.1 Å². The molecule has 0 bridgehead atoms. The number of hydrogen-bond donors (Lipinski definition) is 1. The molecule has 3 nitrogen and oxygen atoms in total. The van der Waals surface area contributed by atoms with Crippen molar-refractivity contribution in [1.29, 1.82) is 0 Å². The fourth-order valence-electron chi connectivity index (χ4n) is 1.54. The van der Waals surface area contributed by atoms with Gasteiger partial charge >= 0.3 is 0 Å². The van der Waals surface area contributed by atoms with Crippen LogP contribution in [0.5, 0.6) is 0 Å². The zero-order valence-corrected chi connectivity index (χ0v) is 12.3. The molecule has 0 saturated heterocycles. The van der Waals surface area contributed by atoms with Crippen molar-refractivity contribution < 1.29 is 0 Å². The molecule has 0 saturated carbocycles. The zero-order valence-electron chi connectivity index (χ0n) is 11.5. The second-order valence-electron chi connectivity index (χ2n) is 4.81. The molecule has 0 radical (unpaired) electrons. The maximum Gasteiger partial charge on any atom is 0.0302 e. The van der Waals surface area contributed by atoms with Gasteiger partial charge in [-0.25, -0.2) is 0 Å². The lowest BCUT2D eigenvalue weighted by Gasteiger charge is -2.19. The highest BCUT2D eigenvalue weighted by atomic mass is 32.1. The molecule has 0 aliphatic rings. The van der Waals surface area contributed by atoms with Gasteiger partial charge < -0.3 is 15.1 Å². The van der Waals surface area contributed by atoms with Crippen molar-refractivity contribution in [2.45, 2.75) is 13.5 Å². The summed E-state index contributed by atoms with van der Waals surface area (Å²) in [7, 11) is 6.42.